The molecule has 128 valence electrons. The third kappa shape index (κ3) is 2.73. The van der Waals surface area contributed by atoms with Gasteiger partial charge in [-0.2, -0.15) is 4.98 Å². The van der Waals surface area contributed by atoms with Crippen molar-refractivity contribution in [2.75, 3.05) is 0 Å². The minimum atomic E-state index is 0.141. The number of aryl methyl sites for hydroxylation is 1. The van der Waals surface area contributed by atoms with Gasteiger partial charge in [0, 0.05) is 19.0 Å². The molecule has 0 spiro atoms. The number of hydrogen-bond acceptors (Lipinski definition) is 4. The topological polar surface area (TPSA) is 60.1 Å². The highest BCUT2D eigenvalue weighted by Crippen LogP contribution is 2.33. The second-order valence-corrected chi connectivity index (χ2v) is 7.06. The van der Waals surface area contributed by atoms with Crippen molar-refractivity contribution in [1.29, 1.82) is 0 Å². The lowest BCUT2D eigenvalue weighted by molar-refractivity contribution is 0.0962. The molecular formula is C20H22N4O. The first kappa shape index (κ1) is 15.9. The summed E-state index contributed by atoms with van der Waals surface area (Å²) < 4.78 is 1.76. The van der Waals surface area contributed by atoms with Gasteiger partial charge in [0.1, 0.15) is 0 Å². The minimum Gasteiger partial charge on any atom is -0.294 e. The van der Waals surface area contributed by atoms with E-state index in [9.17, 15) is 4.79 Å². The Kier molecular flexibility index (Phi) is 3.86. The Morgan fingerprint density at radius 1 is 1.20 bits per heavy atom. The third-order valence-corrected chi connectivity index (χ3v) is 5.07. The molecule has 0 aliphatic heterocycles. The normalized spacial score (nSPS) is 17.3. The van der Waals surface area contributed by atoms with E-state index >= 15 is 0 Å². The SMILES string of the molecule is CCc1nc2ncc3c(n2n1)CC(c1ccc(C(C)C)cc1)CC3=O. The second-order valence-electron chi connectivity index (χ2n) is 7.06. The molecule has 5 heteroatoms. The standard InChI is InChI=1S/C20H22N4O/c1-4-19-22-20-21-11-16-17(24(20)23-19)9-15(10-18(16)25)14-7-5-13(6-8-14)12(2)3/h5-8,11-12,15H,4,9-10H2,1-3H3. The highest BCUT2D eigenvalue weighted by molar-refractivity contribution is 5.98. The number of aromatic nitrogens is 4. The Labute approximate surface area is 147 Å². The molecule has 1 aromatic carbocycles. The van der Waals surface area contributed by atoms with Crippen molar-refractivity contribution < 1.29 is 4.79 Å². The van der Waals surface area contributed by atoms with Gasteiger partial charge in [-0.05, 0) is 29.4 Å². The van der Waals surface area contributed by atoms with Gasteiger partial charge >= 0.3 is 0 Å². The predicted octanol–water partition coefficient (Wildman–Crippen LogP) is 3.72. The first-order valence-electron chi connectivity index (χ1n) is 8.93. The summed E-state index contributed by atoms with van der Waals surface area (Å²) in [5.41, 5.74) is 4.16. The van der Waals surface area contributed by atoms with Gasteiger partial charge in [0.15, 0.2) is 11.6 Å². The van der Waals surface area contributed by atoms with Crippen LogP contribution in [0.1, 0.15) is 72.0 Å². The Bertz CT molecular complexity index is 940. The van der Waals surface area contributed by atoms with Crippen molar-refractivity contribution in [3.05, 3.63) is 58.7 Å². The highest BCUT2D eigenvalue weighted by atomic mass is 16.1. The number of fused-ring (bicyclic) bond motifs is 3. The number of hydrogen-bond donors (Lipinski definition) is 0. The molecule has 2 heterocycles. The summed E-state index contributed by atoms with van der Waals surface area (Å²) in [5, 5.41) is 4.54. The second kappa shape index (κ2) is 6.06. The fraction of sp³-hybridized carbons (Fsp3) is 0.400. The van der Waals surface area contributed by atoms with Crippen molar-refractivity contribution >= 4 is 11.6 Å². The van der Waals surface area contributed by atoms with E-state index in [1.165, 1.54) is 11.1 Å². The van der Waals surface area contributed by atoms with Gasteiger partial charge < -0.3 is 0 Å². The van der Waals surface area contributed by atoms with E-state index in [4.69, 9.17) is 0 Å². The van der Waals surface area contributed by atoms with Gasteiger partial charge in [-0.25, -0.2) is 9.50 Å². The lowest BCUT2D eigenvalue weighted by atomic mass is 9.81. The van der Waals surface area contributed by atoms with Crippen molar-refractivity contribution in [3.8, 4) is 0 Å². The summed E-state index contributed by atoms with van der Waals surface area (Å²) in [6.45, 7) is 6.40. The van der Waals surface area contributed by atoms with Crippen LogP contribution in [0.15, 0.2) is 30.5 Å². The van der Waals surface area contributed by atoms with E-state index in [2.05, 4.69) is 53.2 Å². The van der Waals surface area contributed by atoms with E-state index in [1.54, 1.807) is 10.7 Å². The molecule has 0 radical (unpaired) electrons. The molecule has 5 nitrogen and oxygen atoms in total. The Balaban J connectivity index is 1.74. The predicted molar refractivity (Wildman–Crippen MR) is 96.1 cm³/mol. The van der Waals surface area contributed by atoms with Crippen LogP contribution in [-0.2, 0) is 12.8 Å². The first-order valence-corrected chi connectivity index (χ1v) is 8.93. The van der Waals surface area contributed by atoms with Crippen LogP contribution in [0, 0.1) is 0 Å². The zero-order valence-electron chi connectivity index (χ0n) is 14.9. The number of Topliss-reactive ketones (excluding diaryl/α,β-unsaturated/α-hetero) is 1. The quantitative estimate of drug-likeness (QED) is 0.732. The van der Waals surface area contributed by atoms with Gasteiger partial charge in [-0.3, -0.25) is 4.79 Å². The Morgan fingerprint density at radius 3 is 2.64 bits per heavy atom. The third-order valence-electron chi connectivity index (χ3n) is 5.07. The summed E-state index contributed by atoms with van der Waals surface area (Å²) in [5.74, 6) is 2.18. The summed E-state index contributed by atoms with van der Waals surface area (Å²) in [7, 11) is 0. The summed E-state index contributed by atoms with van der Waals surface area (Å²) in [4.78, 5) is 21.4. The van der Waals surface area contributed by atoms with Gasteiger partial charge in [0.2, 0.25) is 0 Å². The number of rotatable bonds is 3. The van der Waals surface area contributed by atoms with Crippen LogP contribution in [-0.4, -0.2) is 25.4 Å². The average Bonchev–Trinajstić information content (AvgIpc) is 3.05. The molecule has 4 rings (SSSR count). The lowest BCUT2D eigenvalue weighted by Crippen LogP contribution is -2.22. The number of ketones is 1. The molecule has 0 fully saturated rings. The zero-order chi connectivity index (χ0) is 17.6. The van der Waals surface area contributed by atoms with Gasteiger partial charge in [-0.15, -0.1) is 5.10 Å². The Morgan fingerprint density at radius 2 is 1.96 bits per heavy atom. The van der Waals surface area contributed by atoms with Crippen LogP contribution < -0.4 is 0 Å². The molecule has 1 aliphatic rings. The smallest absolute Gasteiger partial charge is 0.252 e. The van der Waals surface area contributed by atoms with Crippen LogP contribution in [0.3, 0.4) is 0 Å². The summed E-state index contributed by atoms with van der Waals surface area (Å²) >= 11 is 0. The van der Waals surface area contributed by atoms with Crippen LogP contribution in [0.5, 0.6) is 0 Å². The molecule has 0 N–H and O–H groups in total. The molecular weight excluding hydrogens is 312 g/mol. The largest absolute Gasteiger partial charge is 0.294 e. The monoisotopic (exact) mass is 334 g/mol. The van der Waals surface area contributed by atoms with Crippen LogP contribution in [0.2, 0.25) is 0 Å². The molecule has 1 unspecified atom stereocenters. The van der Waals surface area contributed by atoms with Crippen LogP contribution in [0.4, 0.5) is 0 Å². The lowest BCUT2D eigenvalue weighted by Gasteiger charge is -2.24. The zero-order valence-corrected chi connectivity index (χ0v) is 14.9. The van der Waals surface area contributed by atoms with Crippen molar-refractivity contribution in [2.45, 2.75) is 51.9 Å². The van der Waals surface area contributed by atoms with E-state index < -0.39 is 0 Å². The molecule has 0 saturated carbocycles. The fourth-order valence-corrected chi connectivity index (χ4v) is 3.53. The molecule has 3 aromatic rings. The number of carbonyl (C=O) groups excluding carboxylic acids is 1. The summed E-state index contributed by atoms with van der Waals surface area (Å²) in [6, 6.07) is 8.67. The van der Waals surface area contributed by atoms with Crippen LogP contribution in [0.25, 0.3) is 5.78 Å². The van der Waals surface area contributed by atoms with Gasteiger partial charge in [0.25, 0.3) is 5.78 Å². The average molecular weight is 334 g/mol. The fourth-order valence-electron chi connectivity index (χ4n) is 3.53. The van der Waals surface area contributed by atoms with Gasteiger partial charge in [-0.1, -0.05) is 45.0 Å². The van der Waals surface area contributed by atoms with Crippen molar-refractivity contribution in [2.24, 2.45) is 0 Å². The maximum absolute atomic E-state index is 12.7. The number of benzene rings is 1. The maximum atomic E-state index is 12.7. The molecule has 0 bridgehead atoms. The maximum Gasteiger partial charge on any atom is 0.252 e. The highest BCUT2D eigenvalue weighted by Gasteiger charge is 2.29. The van der Waals surface area contributed by atoms with E-state index in [0.717, 1.165) is 24.4 Å². The van der Waals surface area contributed by atoms with Crippen molar-refractivity contribution in [3.63, 3.8) is 0 Å². The number of nitrogens with zero attached hydrogens (tertiary/aromatic N) is 4. The van der Waals surface area contributed by atoms with Gasteiger partial charge in [0.05, 0.1) is 11.3 Å². The molecule has 25 heavy (non-hydrogen) atoms. The molecule has 1 aliphatic carbocycles. The molecule has 2 aromatic heterocycles. The Hall–Kier alpha value is -2.56. The molecule has 1 atom stereocenters. The first-order chi connectivity index (χ1) is 12.1. The van der Waals surface area contributed by atoms with Crippen molar-refractivity contribution in [1.82, 2.24) is 19.6 Å². The van der Waals surface area contributed by atoms with E-state index in [1.807, 2.05) is 6.92 Å². The summed E-state index contributed by atoms with van der Waals surface area (Å²) in [6.07, 6.45) is 3.73. The molecule has 0 saturated heterocycles. The van der Waals surface area contributed by atoms with Crippen LogP contribution >= 0.6 is 0 Å². The molecule has 0 amide bonds. The van der Waals surface area contributed by atoms with E-state index in [0.29, 0.717) is 23.7 Å². The van der Waals surface area contributed by atoms with E-state index in [-0.39, 0.29) is 11.7 Å². The number of carbonyl (C=O) groups is 1. The minimum absolute atomic E-state index is 0.141.